The molecule has 1 aromatic rings. The third-order valence-electron chi connectivity index (χ3n) is 2.84. The Morgan fingerprint density at radius 3 is 2.82 bits per heavy atom. The van der Waals surface area contributed by atoms with Gasteiger partial charge in [0.05, 0.1) is 7.11 Å². The first-order chi connectivity index (χ1) is 10.6. The number of ether oxygens (including phenoxy) is 4. The zero-order valence-corrected chi connectivity index (χ0v) is 12.3. The Morgan fingerprint density at radius 1 is 1.32 bits per heavy atom. The highest BCUT2D eigenvalue weighted by Crippen LogP contribution is 2.17. The number of nitrogens with one attached hydrogen (secondary N) is 1. The largest absolute Gasteiger partial charge is 0.497 e. The van der Waals surface area contributed by atoms with Crippen molar-refractivity contribution in [1.82, 2.24) is 0 Å². The number of carbonyl (C=O) groups excluding carboxylic acids is 2. The molecule has 118 valence electrons. The lowest BCUT2D eigenvalue weighted by Gasteiger charge is -2.17. The fourth-order valence-corrected chi connectivity index (χ4v) is 1.69. The number of carbonyl (C=O) groups is 2. The minimum Gasteiger partial charge on any atom is -0.497 e. The third-order valence-corrected chi connectivity index (χ3v) is 2.84. The maximum absolute atomic E-state index is 12.0. The molecule has 2 rings (SSSR count). The molecule has 0 unspecified atom stereocenters. The second-order valence-corrected chi connectivity index (χ2v) is 4.47. The predicted octanol–water partition coefficient (Wildman–Crippen LogP) is 1.45. The molecular weight excluding hydrogens is 290 g/mol. The van der Waals surface area contributed by atoms with Crippen LogP contribution in [0.1, 0.15) is 6.92 Å². The Kier molecular flexibility index (Phi) is 5.24. The van der Waals surface area contributed by atoms with Crippen LogP contribution in [0.15, 0.2) is 36.3 Å². The van der Waals surface area contributed by atoms with Crippen LogP contribution in [0, 0.1) is 0 Å². The molecule has 0 aliphatic carbocycles. The van der Waals surface area contributed by atoms with Crippen molar-refractivity contribution >= 4 is 17.6 Å². The van der Waals surface area contributed by atoms with Crippen molar-refractivity contribution in [3.05, 3.63) is 36.3 Å². The number of rotatable bonds is 5. The first-order valence-electron chi connectivity index (χ1n) is 6.70. The lowest BCUT2D eigenvalue weighted by molar-refractivity contribution is -0.153. The monoisotopic (exact) mass is 307 g/mol. The van der Waals surface area contributed by atoms with Gasteiger partial charge in [0, 0.05) is 11.8 Å². The molecule has 0 aromatic heterocycles. The molecular formula is C15H17NO6. The van der Waals surface area contributed by atoms with Crippen LogP contribution >= 0.6 is 0 Å². The fraction of sp³-hybridized carbons (Fsp3) is 0.333. The first-order valence-corrected chi connectivity index (χ1v) is 6.70. The van der Waals surface area contributed by atoms with Crippen molar-refractivity contribution in [2.45, 2.75) is 13.0 Å². The predicted molar refractivity (Wildman–Crippen MR) is 77.2 cm³/mol. The van der Waals surface area contributed by atoms with Crippen molar-refractivity contribution in [1.29, 1.82) is 0 Å². The van der Waals surface area contributed by atoms with E-state index < -0.39 is 18.0 Å². The number of hydrogen-bond acceptors (Lipinski definition) is 6. The molecule has 0 fully saturated rings. The van der Waals surface area contributed by atoms with Crippen molar-refractivity contribution in [2.24, 2.45) is 0 Å². The van der Waals surface area contributed by atoms with E-state index in [1.165, 1.54) is 20.3 Å². The molecule has 0 radical (unpaired) electrons. The van der Waals surface area contributed by atoms with Crippen LogP contribution in [-0.2, 0) is 23.8 Å². The molecule has 1 aliphatic rings. The van der Waals surface area contributed by atoms with Crippen LogP contribution < -0.4 is 10.1 Å². The van der Waals surface area contributed by atoms with E-state index in [0.29, 0.717) is 18.0 Å². The molecule has 7 nitrogen and oxygen atoms in total. The minimum absolute atomic E-state index is 0.0488. The standard InChI is InChI=1S/C15H17NO6/c1-10(22-15(18)13-9-20-6-7-21-13)14(17)16-11-4-3-5-12(8-11)19-2/h3-5,8-10H,6-7H2,1-2H3,(H,16,17)/t10-/m1/s1. The van der Waals surface area contributed by atoms with E-state index >= 15 is 0 Å². The van der Waals surface area contributed by atoms with Gasteiger partial charge in [0.1, 0.15) is 25.2 Å². The normalized spacial score (nSPS) is 14.7. The number of methoxy groups -OCH3 is 1. The van der Waals surface area contributed by atoms with Gasteiger partial charge in [0.25, 0.3) is 5.91 Å². The smallest absolute Gasteiger partial charge is 0.377 e. The zero-order chi connectivity index (χ0) is 15.9. The van der Waals surface area contributed by atoms with Crippen LogP contribution in [0.4, 0.5) is 5.69 Å². The van der Waals surface area contributed by atoms with E-state index in [4.69, 9.17) is 18.9 Å². The van der Waals surface area contributed by atoms with E-state index in [0.717, 1.165) is 0 Å². The van der Waals surface area contributed by atoms with Crippen molar-refractivity contribution < 1.29 is 28.5 Å². The van der Waals surface area contributed by atoms with Gasteiger partial charge in [-0.05, 0) is 19.1 Å². The summed E-state index contributed by atoms with van der Waals surface area (Å²) in [6.07, 6.45) is 0.198. The lowest BCUT2D eigenvalue weighted by Crippen LogP contribution is -2.31. The lowest BCUT2D eigenvalue weighted by atomic mass is 10.3. The summed E-state index contributed by atoms with van der Waals surface area (Å²) in [6.45, 7) is 2.12. The van der Waals surface area contributed by atoms with Crippen LogP contribution in [-0.4, -0.2) is 38.3 Å². The number of hydrogen-bond donors (Lipinski definition) is 1. The molecule has 0 bridgehead atoms. The van der Waals surface area contributed by atoms with Crippen LogP contribution in [0.5, 0.6) is 5.75 Å². The Morgan fingerprint density at radius 2 is 2.14 bits per heavy atom. The maximum atomic E-state index is 12.0. The van der Waals surface area contributed by atoms with E-state index in [9.17, 15) is 9.59 Å². The molecule has 0 saturated carbocycles. The zero-order valence-electron chi connectivity index (χ0n) is 12.3. The Balaban J connectivity index is 1.91. The van der Waals surface area contributed by atoms with E-state index in [1.807, 2.05) is 0 Å². The molecule has 1 N–H and O–H groups in total. The number of anilines is 1. The molecule has 1 aromatic carbocycles. The van der Waals surface area contributed by atoms with Gasteiger partial charge in [0.2, 0.25) is 5.76 Å². The molecule has 0 saturated heterocycles. The minimum atomic E-state index is -0.981. The Labute approximate surface area is 127 Å². The second kappa shape index (κ2) is 7.35. The summed E-state index contributed by atoms with van der Waals surface area (Å²) in [6, 6.07) is 6.86. The van der Waals surface area contributed by atoms with Crippen molar-refractivity contribution in [2.75, 3.05) is 25.6 Å². The average molecular weight is 307 g/mol. The average Bonchev–Trinajstić information content (AvgIpc) is 2.55. The SMILES string of the molecule is COc1cccc(NC(=O)[C@@H](C)OC(=O)C2=COCCO2)c1. The molecule has 1 heterocycles. The summed E-state index contributed by atoms with van der Waals surface area (Å²) < 4.78 is 20.1. The Bertz CT molecular complexity index is 583. The molecule has 22 heavy (non-hydrogen) atoms. The summed E-state index contributed by atoms with van der Waals surface area (Å²) in [5.74, 6) is -0.639. The third kappa shape index (κ3) is 4.15. The molecule has 1 atom stereocenters. The number of esters is 1. The second-order valence-electron chi connectivity index (χ2n) is 4.47. The fourth-order valence-electron chi connectivity index (χ4n) is 1.69. The molecule has 7 heteroatoms. The van der Waals surface area contributed by atoms with E-state index in [2.05, 4.69) is 5.32 Å². The first kappa shape index (κ1) is 15.7. The number of amides is 1. The molecule has 0 spiro atoms. The summed E-state index contributed by atoms with van der Waals surface area (Å²) in [5, 5.41) is 2.64. The summed E-state index contributed by atoms with van der Waals surface area (Å²) in [5.41, 5.74) is 0.545. The van der Waals surface area contributed by atoms with Gasteiger partial charge < -0.3 is 24.3 Å². The highest BCUT2D eigenvalue weighted by atomic mass is 16.6. The quantitative estimate of drug-likeness (QED) is 0.829. The van der Waals surface area contributed by atoms with Crippen LogP contribution in [0.3, 0.4) is 0 Å². The topological polar surface area (TPSA) is 83.1 Å². The van der Waals surface area contributed by atoms with Gasteiger partial charge in [-0.2, -0.15) is 0 Å². The summed E-state index contributed by atoms with van der Waals surface area (Å²) in [7, 11) is 1.53. The van der Waals surface area contributed by atoms with Gasteiger partial charge in [-0.25, -0.2) is 4.79 Å². The van der Waals surface area contributed by atoms with Gasteiger partial charge in [-0.1, -0.05) is 6.07 Å². The highest BCUT2D eigenvalue weighted by molar-refractivity contribution is 5.96. The maximum Gasteiger partial charge on any atom is 0.377 e. The highest BCUT2D eigenvalue weighted by Gasteiger charge is 2.23. The summed E-state index contributed by atoms with van der Waals surface area (Å²) in [4.78, 5) is 23.8. The van der Waals surface area contributed by atoms with Crippen molar-refractivity contribution in [3.63, 3.8) is 0 Å². The van der Waals surface area contributed by atoms with Gasteiger partial charge >= 0.3 is 5.97 Å². The van der Waals surface area contributed by atoms with Crippen LogP contribution in [0.25, 0.3) is 0 Å². The van der Waals surface area contributed by atoms with E-state index in [1.54, 1.807) is 24.3 Å². The van der Waals surface area contributed by atoms with Gasteiger partial charge in [0.15, 0.2) is 6.10 Å². The molecule has 1 amide bonds. The summed E-state index contributed by atoms with van der Waals surface area (Å²) >= 11 is 0. The van der Waals surface area contributed by atoms with E-state index in [-0.39, 0.29) is 12.4 Å². The molecule has 1 aliphatic heterocycles. The van der Waals surface area contributed by atoms with Gasteiger partial charge in [-0.15, -0.1) is 0 Å². The van der Waals surface area contributed by atoms with Crippen molar-refractivity contribution in [3.8, 4) is 5.75 Å². The van der Waals surface area contributed by atoms with Crippen LogP contribution in [0.2, 0.25) is 0 Å². The Hall–Kier alpha value is -2.70. The van der Waals surface area contributed by atoms with Gasteiger partial charge in [-0.3, -0.25) is 4.79 Å². The number of benzene rings is 1.